The molecule has 4 aliphatic carbocycles. The van der Waals surface area contributed by atoms with Crippen LogP contribution in [-0.2, 0) is 23.8 Å². The van der Waals surface area contributed by atoms with E-state index in [4.69, 9.17) is 14.2 Å². The van der Waals surface area contributed by atoms with E-state index in [1.807, 2.05) is 34.6 Å². The molecule has 6 nitrogen and oxygen atoms in total. The molecule has 0 aromatic rings. The van der Waals surface area contributed by atoms with Crippen LogP contribution >= 0.6 is 0 Å². The van der Waals surface area contributed by atoms with Gasteiger partial charge in [0.05, 0.1) is 6.10 Å². The van der Waals surface area contributed by atoms with Gasteiger partial charge in [-0.1, -0.05) is 39.3 Å². The molecule has 9 atom stereocenters. The van der Waals surface area contributed by atoms with E-state index in [2.05, 4.69) is 0 Å². The van der Waals surface area contributed by atoms with Crippen LogP contribution in [0.2, 0.25) is 0 Å². The van der Waals surface area contributed by atoms with Gasteiger partial charge in [-0.3, -0.25) is 9.59 Å². The van der Waals surface area contributed by atoms with E-state index in [1.54, 1.807) is 12.2 Å². The summed E-state index contributed by atoms with van der Waals surface area (Å²) in [7, 11) is 1.53. The maximum Gasteiger partial charge on any atom is 0.284 e. The summed E-state index contributed by atoms with van der Waals surface area (Å²) in [6.45, 7) is 9.75. The molecule has 1 N–H and O–H groups in total. The Hall–Kier alpha value is -1.41. The molecule has 194 valence electrons. The van der Waals surface area contributed by atoms with Crippen LogP contribution in [0.3, 0.4) is 0 Å². The molecule has 0 bridgehead atoms. The number of carbonyl (C=O) groups excluding carboxylic acids is 2. The number of carbonyl (C=O) groups is 2. The molecule has 5 aliphatic rings. The lowest BCUT2D eigenvalue weighted by Crippen LogP contribution is -2.72. The Balaban J connectivity index is 1.60. The van der Waals surface area contributed by atoms with Crippen LogP contribution in [-0.4, -0.2) is 53.7 Å². The van der Waals surface area contributed by atoms with Gasteiger partial charge < -0.3 is 19.3 Å². The van der Waals surface area contributed by atoms with Crippen LogP contribution in [0.15, 0.2) is 23.8 Å². The monoisotopic (exact) mass is 490 g/mol. The van der Waals surface area contributed by atoms with Crippen molar-refractivity contribution in [3.05, 3.63) is 23.8 Å². The van der Waals surface area contributed by atoms with Gasteiger partial charge in [-0.15, -0.1) is 0 Å². The van der Waals surface area contributed by atoms with Gasteiger partial charge in [-0.2, -0.15) is 0 Å². The Morgan fingerprint density at radius 2 is 1.97 bits per heavy atom. The molecule has 35 heavy (non-hydrogen) atoms. The summed E-state index contributed by atoms with van der Waals surface area (Å²) in [5.74, 6) is -2.30. The molecule has 1 spiro atoms. The predicted molar refractivity (Wildman–Crippen MR) is 127 cm³/mol. The second-order valence-electron chi connectivity index (χ2n) is 12.4. The summed E-state index contributed by atoms with van der Waals surface area (Å²) in [4.78, 5) is 25.8. The number of halogens is 1. The number of hydrogen-bond donors (Lipinski definition) is 1. The minimum absolute atomic E-state index is 0.0902. The van der Waals surface area contributed by atoms with Crippen LogP contribution < -0.4 is 0 Å². The Kier molecular flexibility index (Phi) is 5.62. The highest BCUT2D eigenvalue weighted by atomic mass is 19.1. The number of fused-ring (bicyclic) bond motifs is 6. The van der Waals surface area contributed by atoms with Gasteiger partial charge in [0.2, 0.25) is 0 Å². The van der Waals surface area contributed by atoms with Gasteiger partial charge in [0.15, 0.2) is 17.2 Å². The van der Waals surface area contributed by atoms with Gasteiger partial charge >= 0.3 is 0 Å². The molecule has 0 aromatic carbocycles. The lowest BCUT2D eigenvalue weighted by Gasteiger charge is -2.64. The van der Waals surface area contributed by atoms with Crippen LogP contribution in [0, 0.1) is 34.5 Å². The number of rotatable bonds is 3. The molecule has 1 saturated heterocycles. The molecule has 7 heteroatoms. The van der Waals surface area contributed by atoms with Gasteiger partial charge in [0.1, 0.15) is 12.2 Å². The zero-order valence-electron chi connectivity index (χ0n) is 21.7. The van der Waals surface area contributed by atoms with Crippen molar-refractivity contribution in [3.8, 4) is 0 Å². The fourth-order valence-electron chi connectivity index (χ4n) is 8.74. The summed E-state index contributed by atoms with van der Waals surface area (Å²) in [5, 5.41) is 11.6. The molecule has 3 saturated carbocycles. The first-order valence-electron chi connectivity index (χ1n) is 13.0. The SMILES string of the molecule is COC1(CC(C)C)OCC(=O)[C@@]2(O1)[C@@H](C)C[C@H]1[C@@H]3CCC4=CC(=O)C=C[C@]4(C)[C@@]3(F)[C@@H](O)C[C@@]12C. The van der Waals surface area contributed by atoms with Crippen molar-refractivity contribution >= 4 is 11.6 Å². The lowest BCUT2D eigenvalue weighted by atomic mass is 9.44. The fourth-order valence-corrected chi connectivity index (χ4v) is 8.74. The molecule has 1 aliphatic heterocycles. The molecule has 1 heterocycles. The first-order chi connectivity index (χ1) is 16.3. The summed E-state index contributed by atoms with van der Waals surface area (Å²) >= 11 is 0. The predicted octanol–water partition coefficient (Wildman–Crippen LogP) is 4.30. The quantitative estimate of drug-likeness (QED) is 0.635. The highest BCUT2D eigenvalue weighted by Crippen LogP contribution is 2.72. The molecule has 0 amide bonds. The van der Waals surface area contributed by atoms with E-state index in [-0.39, 0.29) is 42.3 Å². The highest BCUT2D eigenvalue weighted by molar-refractivity contribution is 6.01. The Morgan fingerprint density at radius 1 is 1.26 bits per heavy atom. The second-order valence-corrected chi connectivity index (χ2v) is 12.4. The lowest BCUT2D eigenvalue weighted by molar-refractivity contribution is -0.433. The number of ketones is 2. The van der Waals surface area contributed by atoms with Crippen molar-refractivity contribution in [3.63, 3.8) is 0 Å². The van der Waals surface area contributed by atoms with Crippen LogP contribution in [0.4, 0.5) is 4.39 Å². The van der Waals surface area contributed by atoms with E-state index in [0.29, 0.717) is 25.7 Å². The van der Waals surface area contributed by atoms with Crippen molar-refractivity contribution in [2.45, 2.75) is 90.1 Å². The number of ether oxygens (including phenoxy) is 3. The van der Waals surface area contributed by atoms with Gasteiger partial charge in [-0.05, 0) is 62.5 Å². The summed E-state index contributed by atoms with van der Waals surface area (Å²) in [6, 6.07) is 0. The number of aliphatic hydroxyl groups excluding tert-OH is 1. The molecule has 1 unspecified atom stereocenters. The van der Waals surface area contributed by atoms with Crippen molar-refractivity contribution < 1.29 is 33.3 Å². The Morgan fingerprint density at radius 3 is 2.63 bits per heavy atom. The highest BCUT2D eigenvalue weighted by Gasteiger charge is 2.78. The van der Waals surface area contributed by atoms with Crippen LogP contribution in [0.25, 0.3) is 0 Å². The van der Waals surface area contributed by atoms with Gasteiger partial charge in [0, 0.05) is 30.3 Å². The van der Waals surface area contributed by atoms with E-state index < -0.39 is 40.1 Å². The zero-order valence-corrected chi connectivity index (χ0v) is 21.7. The van der Waals surface area contributed by atoms with Crippen LogP contribution in [0.5, 0.6) is 0 Å². The summed E-state index contributed by atoms with van der Waals surface area (Å²) < 4.78 is 35.7. The first kappa shape index (κ1) is 25.2. The summed E-state index contributed by atoms with van der Waals surface area (Å²) in [5.41, 5.74) is -4.27. The summed E-state index contributed by atoms with van der Waals surface area (Å²) in [6.07, 6.45) is 5.59. The van der Waals surface area contributed by atoms with Crippen LogP contribution in [0.1, 0.15) is 66.7 Å². The smallest absolute Gasteiger partial charge is 0.284 e. The fraction of sp³-hybridized carbons (Fsp3) is 0.786. The second kappa shape index (κ2) is 7.80. The van der Waals surface area contributed by atoms with Gasteiger partial charge in [-0.25, -0.2) is 4.39 Å². The van der Waals surface area contributed by atoms with E-state index in [9.17, 15) is 14.7 Å². The third-order valence-electron chi connectivity index (χ3n) is 10.3. The maximum atomic E-state index is 17.4. The number of Topliss-reactive ketones (excluding diaryl/α,β-unsaturated/α-hetero) is 1. The topological polar surface area (TPSA) is 82.1 Å². The zero-order chi connectivity index (χ0) is 25.6. The average molecular weight is 491 g/mol. The molecule has 4 fully saturated rings. The number of aliphatic hydroxyl groups is 1. The average Bonchev–Trinajstić information content (AvgIpc) is 2.99. The number of allylic oxidation sites excluding steroid dienone is 4. The first-order valence-corrected chi connectivity index (χ1v) is 13.0. The molecular formula is C28H39FO6. The normalized spacial score (nSPS) is 51.3. The third-order valence-corrected chi connectivity index (χ3v) is 10.3. The number of alkyl halides is 1. The molecule has 0 radical (unpaired) electrons. The minimum atomic E-state index is -1.94. The molecule has 5 rings (SSSR count). The third kappa shape index (κ3) is 3.01. The van der Waals surface area contributed by atoms with E-state index >= 15 is 4.39 Å². The Bertz CT molecular complexity index is 1010. The maximum absolute atomic E-state index is 17.4. The number of hydrogen-bond acceptors (Lipinski definition) is 6. The van der Waals surface area contributed by atoms with Crippen molar-refractivity contribution in [2.24, 2.45) is 34.5 Å². The van der Waals surface area contributed by atoms with E-state index in [1.165, 1.54) is 13.2 Å². The van der Waals surface area contributed by atoms with E-state index in [0.717, 1.165) is 5.57 Å². The Labute approximate surface area is 207 Å². The largest absolute Gasteiger partial charge is 0.390 e. The van der Waals surface area contributed by atoms with Gasteiger partial charge in [0.25, 0.3) is 5.97 Å². The van der Waals surface area contributed by atoms with Crippen molar-refractivity contribution in [1.29, 1.82) is 0 Å². The van der Waals surface area contributed by atoms with Crippen molar-refractivity contribution in [2.75, 3.05) is 13.7 Å². The molecular weight excluding hydrogens is 451 g/mol. The molecule has 0 aromatic heterocycles. The minimum Gasteiger partial charge on any atom is -0.390 e. The van der Waals surface area contributed by atoms with Crippen molar-refractivity contribution in [1.82, 2.24) is 0 Å². The number of methoxy groups -OCH3 is 1. The standard InChI is InChI=1S/C28H39FO6/c1-16(2)13-26(33-6)34-15-23(32)28(35-26)17(3)11-21-20-8-7-18-12-19(30)9-10-24(18,4)27(20,29)22(31)14-25(21,28)5/h9-10,12,16-17,20-22,31H,7-8,11,13-15H2,1-6H3/t17-,20-,21-,22-,24-,25-,26?,27-,28-/m0/s1.